The van der Waals surface area contributed by atoms with Crippen molar-refractivity contribution < 1.29 is 4.74 Å². The molecule has 2 rings (SSSR count). The van der Waals surface area contributed by atoms with Crippen LogP contribution in [0.5, 0.6) is 11.6 Å². The van der Waals surface area contributed by atoms with E-state index < -0.39 is 0 Å². The summed E-state index contributed by atoms with van der Waals surface area (Å²) >= 11 is 5.95. The number of hydrogen-bond donors (Lipinski definition) is 0. The average molecular weight is 234 g/mol. The monoisotopic (exact) mass is 233 g/mol. The number of aryl methyl sites for hydroxylation is 1. The van der Waals surface area contributed by atoms with Gasteiger partial charge in [0.1, 0.15) is 5.75 Å². The fourth-order valence-electron chi connectivity index (χ4n) is 1.27. The van der Waals surface area contributed by atoms with E-state index in [0.29, 0.717) is 22.3 Å². The normalized spacial score (nSPS) is 10.1. The standard InChI is InChI=1S/C12H10ClN2O/c1-8-3-2-4-12(15-8)16-11-6-5-9(14)7-10(11)13/h2-7,14H,1H3. The van der Waals surface area contributed by atoms with Gasteiger partial charge in [-0.2, -0.15) is 0 Å². The predicted molar refractivity (Wildman–Crippen MR) is 63.3 cm³/mol. The van der Waals surface area contributed by atoms with Crippen molar-refractivity contribution in [3.63, 3.8) is 0 Å². The molecule has 16 heavy (non-hydrogen) atoms. The Morgan fingerprint density at radius 3 is 2.75 bits per heavy atom. The lowest BCUT2D eigenvalue weighted by molar-refractivity contribution is 0.462. The van der Waals surface area contributed by atoms with E-state index in [4.69, 9.17) is 22.1 Å². The zero-order chi connectivity index (χ0) is 11.5. The fraction of sp³-hybridized carbons (Fsp3) is 0.0833. The van der Waals surface area contributed by atoms with E-state index in [1.165, 1.54) is 6.07 Å². The molecule has 0 spiro atoms. The van der Waals surface area contributed by atoms with Gasteiger partial charge in [-0.15, -0.1) is 0 Å². The molecule has 4 heteroatoms. The maximum atomic E-state index is 7.39. The molecule has 0 atom stereocenters. The van der Waals surface area contributed by atoms with E-state index in [9.17, 15) is 0 Å². The number of pyridine rings is 1. The first kappa shape index (κ1) is 10.8. The van der Waals surface area contributed by atoms with Gasteiger partial charge in [0.2, 0.25) is 5.88 Å². The highest BCUT2D eigenvalue weighted by Gasteiger charge is 2.04. The van der Waals surface area contributed by atoms with Crippen LogP contribution in [0.1, 0.15) is 5.69 Å². The molecule has 0 aliphatic rings. The molecule has 0 aliphatic carbocycles. The number of benzene rings is 1. The van der Waals surface area contributed by atoms with Crippen molar-refractivity contribution in [1.29, 1.82) is 0 Å². The smallest absolute Gasteiger partial charge is 0.219 e. The van der Waals surface area contributed by atoms with Crippen molar-refractivity contribution in [2.45, 2.75) is 6.92 Å². The second kappa shape index (κ2) is 4.41. The van der Waals surface area contributed by atoms with Gasteiger partial charge in [-0.3, -0.25) is 0 Å². The molecule has 3 nitrogen and oxygen atoms in total. The number of nitrogens with zero attached hydrogens (tertiary/aromatic N) is 1. The Hall–Kier alpha value is -1.74. The molecule has 2 aromatic rings. The molecular formula is C12H10ClN2O. The highest BCUT2D eigenvalue weighted by Crippen LogP contribution is 2.30. The van der Waals surface area contributed by atoms with E-state index in [1.54, 1.807) is 18.2 Å². The topological polar surface area (TPSA) is 45.9 Å². The van der Waals surface area contributed by atoms with Crippen LogP contribution in [0.25, 0.3) is 0 Å². The first-order valence-corrected chi connectivity index (χ1v) is 5.15. The Balaban J connectivity index is 2.27. The van der Waals surface area contributed by atoms with Gasteiger partial charge in [-0.25, -0.2) is 4.98 Å². The Kier molecular flexibility index (Phi) is 2.97. The van der Waals surface area contributed by atoms with Crippen LogP contribution in [-0.2, 0) is 0 Å². The largest absolute Gasteiger partial charge is 0.437 e. The number of hydrogen-bond acceptors (Lipinski definition) is 2. The molecule has 0 saturated carbocycles. The lowest BCUT2D eigenvalue weighted by Gasteiger charge is -2.07. The van der Waals surface area contributed by atoms with Gasteiger partial charge >= 0.3 is 0 Å². The summed E-state index contributed by atoms with van der Waals surface area (Å²) in [6.07, 6.45) is 0. The molecule has 1 radical (unpaired) electrons. The van der Waals surface area contributed by atoms with Crippen LogP contribution in [0.3, 0.4) is 0 Å². The Bertz CT molecular complexity index is 514. The van der Waals surface area contributed by atoms with Gasteiger partial charge in [-0.1, -0.05) is 17.7 Å². The first-order chi connectivity index (χ1) is 7.65. The lowest BCUT2D eigenvalue weighted by atomic mass is 10.3. The summed E-state index contributed by atoms with van der Waals surface area (Å²) in [4.78, 5) is 4.20. The van der Waals surface area contributed by atoms with Crippen molar-refractivity contribution in [1.82, 2.24) is 10.7 Å². The zero-order valence-electron chi connectivity index (χ0n) is 8.70. The first-order valence-electron chi connectivity index (χ1n) is 4.78. The van der Waals surface area contributed by atoms with E-state index in [0.717, 1.165) is 5.69 Å². The van der Waals surface area contributed by atoms with Crippen molar-refractivity contribution in [3.05, 3.63) is 47.1 Å². The van der Waals surface area contributed by atoms with Crippen LogP contribution in [-0.4, -0.2) is 4.98 Å². The Morgan fingerprint density at radius 1 is 1.25 bits per heavy atom. The second-order valence-corrected chi connectivity index (χ2v) is 3.77. The molecule has 0 aliphatic heterocycles. The summed E-state index contributed by atoms with van der Waals surface area (Å²) in [6, 6.07) is 10.3. The second-order valence-electron chi connectivity index (χ2n) is 3.36. The van der Waals surface area contributed by atoms with Crippen LogP contribution in [0.15, 0.2) is 36.4 Å². The van der Waals surface area contributed by atoms with Gasteiger partial charge in [0.25, 0.3) is 0 Å². The molecule has 0 bridgehead atoms. The van der Waals surface area contributed by atoms with Crippen molar-refractivity contribution >= 4 is 17.3 Å². The minimum absolute atomic E-state index is 0.356. The minimum Gasteiger partial charge on any atom is -0.437 e. The molecule has 0 saturated heterocycles. The van der Waals surface area contributed by atoms with Crippen LogP contribution >= 0.6 is 11.6 Å². The van der Waals surface area contributed by atoms with Gasteiger partial charge in [-0.05, 0) is 31.2 Å². The molecule has 0 fully saturated rings. The van der Waals surface area contributed by atoms with Crippen LogP contribution in [0.4, 0.5) is 5.69 Å². The summed E-state index contributed by atoms with van der Waals surface area (Å²) < 4.78 is 5.52. The van der Waals surface area contributed by atoms with Crippen molar-refractivity contribution in [2.24, 2.45) is 0 Å². The van der Waals surface area contributed by atoms with Crippen LogP contribution in [0, 0.1) is 6.92 Å². The Morgan fingerprint density at radius 2 is 2.06 bits per heavy atom. The molecule has 1 aromatic heterocycles. The molecule has 1 heterocycles. The maximum absolute atomic E-state index is 7.39. The molecular weight excluding hydrogens is 224 g/mol. The van der Waals surface area contributed by atoms with E-state index >= 15 is 0 Å². The fourth-order valence-corrected chi connectivity index (χ4v) is 1.49. The summed E-state index contributed by atoms with van der Waals surface area (Å²) in [6.45, 7) is 1.89. The van der Waals surface area contributed by atoms with Gasteiger partial charge in [0.15, 0.2) is 0 Å². The van der Waals surface area contributed by atoms with Crippen molar-refractivity contribution in [3.8, 4) is 11.6 Å². The van der Waals surface area contributed by atoms with E-state index in [-0.39, 0.29) is 0 Å². The number of rotatable bonds is 2. The Labute approximate surface area is 98.8 Å². The predicted octanol–water partition coefficient (Wildman–Crippen LogP) is 3.75. The highest BCUT2D eigenvalue weighted by atomic mass is 35.5. The summed E-state index contributed by atoms with van der Waals surface area (Å²) in [5, 5.41) is 0.413. The van der Waals surface area contributed by atoms with Gasteiger partial charge < -0.3 is 10.5 Å². The lowest BCUT2D eigenvalue weighted by Crippen LogP contribution is -1.90. The maximum Gasteiger partial charge on any atom is 0.219 e. The zero-order valence-corrected chi connectivity index (χ0v) is 9.45. The third-order valence-electron chi connectivity index (χ3n) is 2.01. The number of nitrogens with one attached hydrogen (secondary N) is 1. The molecule has 1 aromatic carbocycles. The third kappa shape index (κ3) is 2.44. The summed E-state index contributed by atoms with van der Waals surface area (Å²) in [5.74, 6) is 1.01. The van der Waals surface area contributed by atoms with E-state index in [1.807, 2.05) is 19.1 Å². The average Bonchev–Trinajstić information content (AvgIpc) is 2.22. The molecule has 81 valence electrons. The highest BCUT2D eigenvalue weighted by molar-refractivity contribution is 6.32. The quantitative estimate of drug-likeness (QED) is 0.793. The molecule has 0 amide bonds. The third-order valence-corrected chi connectivity index (χ3v) is 2.30. The van der Waals surface area contributed by atoms with Gasteiger partial charge in [0, 0.05) is 11.8 Å². The minimum atomic E-state index is 0.356. The number of ether oxygens (including phenoxy) is 1. The summed E-state index contributed by atoms with van der Waals surface area (Å²) in [7, 11) is 0. The molecule has 1 N–H and O–H groups in total. The number of halogens is 1. The van der Waals surface area contributed by atoms with E-state index in [2.05, 4.69) is 4.98 Å². The van der Waals surface area contributed by atoms with Gasteiger partial charge in [0.05, 0.1) is 10.7 Å². The number of aromatic nitrogens is 1. The molecule has 0 unspecified atom stereocenters. The van der Waals surface area contributed by atoms with Crippen LogP contribution in [0.2, 0.25) is 5.02 Å². The van der Waals surface area contributed by atoms with Crippen LogP contribution < -0.4 is 10.5 Å². The summed E-state index contributed by atoms with van der Waals surface area (Å²) in [5.41, 5.74) is 8.63. The van der Waals surface area contributed by atoms with Crippen molar-refractivity contribution in [2.75, 3.05) is 0 Å². The SMILES string of the molecule is Cc1cccc(Oc2ccc([NH])cc2Cl)n1.